The van der Waals surface area contributed by atoms with E-state index in [1.54, 1.807) is 0 Å². The van der Waals surface area contributed by atoms with Crippen LogP contribution >= 0.6 is 15.9 Å². The zero-order chi connectivity index (χ0) is 14.8. The van der Waals surface area contributed by atoms with Gasteiger partial charge in [0.15, 0.2) is 0 Å². The quantitative estimate of drug-likeness (QED) is 0.753. The second-order valence-electron chi connectivity index (χ2n) is 6.00. The summed E-state index contributed by atoms with van der Waals surface area (Å²) in [5.74, 6) is -0.912. The van der Waals surface area contributed by atoms with E-state index < -0.39 is 11.6 Å². The lowest BCUT2D eigenvalue weighted by atomic mass is 9.77. The van der Waals surface area contributed by atoms with Crippen molar-refractivity contribution in [2.24, 2.45) is 5.41 Å². The van der Waals surface area contributed by atoms with Gasteiger partial charge in [-0.15, -0.1) is 0 Å². The van der Waals surface area contributed by atoms with Gasteiger partial charge in [-0.25, -0.2) is 8.78 Å². The number of likely N-dealkylation sites (N-methyl/N-ethyl adjacent to an activating group) is 1. The molecular formula is C16H22BrF2N. The molecule has 2 rings (SSSR count). The first-order chi connectivity index (χ1) is 9.48. The summed E-state index contributed by atoms with van der Waals surface area (Å²) in [6.07, 6.45) is 5.08. The maximum atomic E-state index is 14.2. The summed E-state index contributed by atoms with van der Waals surface area (Å²) in [6, 6.07) is 2.88. The Labute approximate surface area is 128 Å². The van der Waals surface area contributed by atoms with E-state index in [1.165, 1.54) is 25.0 Å². The molecule has 1 unspecified atom stereocenters. The van der Waals surface area contributed by atoms with Crippen molar-refractivity contribution < 1.29 is 8.78 Å². The molecule has 0 aromatic heterocycles. The normalized spacial score (nSPS) is 19.2. The first-order valence-electron chi connectivity index (χ1n) is 7.33. The molecule has 0 spiro atoms. The zero-order valence-electron chi connectivity index (χ0n) is 12.1. The molecule has 1 aliphatic carbocycles. The topological polar surface area (TPSA) is 12.0 Å². The van der Waals surface area contributed by atoms with Crippen molar-refractivity contribution in [3.63, 3.8) is 0 Å². The number of hydrogen-bond acceptors (Lipinski definition) is 1. The monoisotopic (exact) mass is 345 g/mol. The van der Waals surface area contributed by atoms with Gasteiger partial charge in [-0.1, -0.05) is 26.7 Å². The second-order valence-corrected chi connectivity index (χ2v) is 6.85. The van der Waals surface area contributed by atoms with E-state index in [0.717, 1.165) is 19.4 Å². The number of halogens is 3. The third-order valence-corrected chi connectivity index (χ3v) is 5.20. The maximum absolute atomic E-state index is 14.2. The lowest BCUT2D eigenvalue weighted by molar-refractivity contribution is 0.219. The molecule has 1 nitrogen and oxygen atoms in total. The molecule has 1 atom stereocenters. The molecule has 0 heterocycles. The minimum Gasteiger partial charge on any atom is -0.313 e. The van der Waals surface area contributed by atoms with Crippen molar-refractivity contribution in [2.45, 2.75) is 52.0 Å². The maximum Gasteiger partial charge on any atom is 0.143 e. The van der Waals surface area contributed by atoms with E-state index in [4.69, 9.17) is 0 Å². The lowest BCUT2D eigenvalue weighted by Gasteiger charge is -2.35. The van der Waals surface area contributed by atoms with E-state index in [0.29, 0.717) is 10.9 Å². The largest absolute Gasteiger partial charge is 0.313 e. The first kappa shape index (κ1) is 15.9. The van der Waals surface area contributed by atoms with Gasteiger partial charge < -0.3 is 5.32 Å². The van der Waals surface area contributed by atoms with Crippen LogP contribution in [-0.2, 0) is 6.42 Å². The van der Waals surface area contributed by atoms with Crippen LogP contribution in [0.2, 0.25) is 0 Å². The van der Waals surface area contributed by atoms with Crippen LogP contribution in [0.15, 0.2) is 16.6 Å². The lowest BCUT2D eigenvalue weighted by Crippen LogP contribution is -2.44. The van der Waals surface area contributed by atoms with E-state index in [-0.39, 0.29) is 17.0 Å². The van der Waals surface area contributed by atoms with Crippen LogP contribution in [0.4, 0.5) is 8.78 Å². The van der Waals surface area contributed by atoms with Crippen molar-refractivity contribution in [3.05, 3.63) is 33.8 Å². The van der Waals surface area contributed by atoms with E-state index >= 15 is 0 Å². The Morgan fingerprint density at radius 1 is 1.30 bits per heavy atom. The fourth-order valence-corrected chi connectivity index (χ4v) is 3.67. The fourth-order valence-electron chi connectivity index (χ4n) is 3.30. The summed E-state index contributed by atoms with van der Waals surface area (Å²) in [7, 11) is 0. The van der Waals surface area contributed by atoms with E-state index in [2.05, 4.69) is 28.2 Å². The third kappa shape index (κ3) is 3.22. The predicted octanol–water partition coefficient (Wildman–Crippen LogP) is 4.83. The third-order valence-electron chi connectivity index (χ3n) is 4.58. The highest BCUT2D eigenvalue weighted by atomic mass is 79.9. The molecule has 0 amide bonds. The summed E-state index contributed by atoms with van der Waals surface area (Å²) in [4.78, 5) is 0. The minimum atomic E-state index is -0.463. The molecule has 20 heavy (non-hydrogen) atoms. The molecule has 1 aliphatic rings. The Hall–Kier alpha value is -0.480. The van der Waals surface area contributed by atoms with Gasteiger partial charge in [0.25, 0.3) is 0 Å². The van der Waals surface area contributed by atoms with Crippen LogP contribution in [0, 0.1) is 17.0 Å². The van der Waals surface area contributed by atoms with Crippen LogP contribution in [0.5, 0.6) is 0 Å². The van der Waals surface area contributed by atoms with Gasteiger partial charge >= 0.3 is 0 Å². The summed E-state index contributed by atoms with van der Waals surface area (Å²) in [5, 5.41) is 3.44. The van der Waals surface area contributed by atoms with Crippen molar-refractivity contribution in [2.75, 3.05) is 6.54 Å². The van der Waals surface area contributed by atoms with Crippen LogP contribution in [0.1, 0.15) is 45.1 Å². The first-order valence-corrected chi connectivity index (χ1v) is 8.13. The molecule has 1 N–H and O–H groups in total. The van der Waals surface area contributed by atoms with E-state index in [1.807, 2.05) is 6.92 Å². The predicted molar refractivity (Wildman–Crippen MR) is 81.8 cm³/mol. The molecule has 0 bridgehead atoms. The Morgan fingerprint density at radius 2 is 1.95 bits per heavy atom. The van der Waals surface area contributed by atoms with Crippen molar-refractivity contribution in [1.82, 2.24) is 5.32 Å². The van der Waals surface area contributed by atoms with Gasteiger partial charge in [-0.3, -0.25) is 0 Å². The highest BCUT2D eigenvalue weighted by molar-refractivity contribution is 9.10. The second kappa shape index (κ2) is 6.52. The molecule has 1 aromatic rings. The van der Waals surface area contributed by atoms with Gasteiger partial charge in [0.2, 0.25) is 0 Å². The Bertz CT molecular complexity index is 470. The summed E-state index contributed by atoms with van der Waals surface area (Å²) < 4.78 is 28.4. The summed E-state index contributed by atoms with van der Waals surface area (Å²) >= 11 is 3.14. The molecule has 0 saturated heterocycles. The highest BCUT2D eigenvalue weighted by Gasteiger charge is 2.37. The van der Waals surface area contributed by atoms with Crippen LogP contribution in [0.25, 0.3) is 0 Å². The average molecular weight is 346 g/mol. The minimum absolute atomic E-state index is 0.119. The van der Waals surface area contributed by atoms with Gasteiger partial charge in [0.05, 0.1) is 4.47 Å². The van der Waals surface area contributed by atoms with Crippen molar-refractivity contribution in [1.29, 1.82) is 0 Å². The van der Waals surface area contributed by atoms with Gasteiger partial charge in [0.1, 0.15) is 11.6 Å². The van der Waals surface area contributed by atoms with Crippen LogP contribution in [-0.4, -0.2) is 12.6 Å². The molecule has 0 radical (unpaired) electrons. The zero-order valence-corrected chi connectivity index (χ0v) is 13.7. The summed E-state index contributed by atoms with van der Waals surface area (Å²) in [5.41, 5.74) is 0.329. The van der Waals surface area contributed by atoms with Crippen molar-refractivity contribution >= 4 is 15.9 Å². The summed E-state index contributed by atoms with van der Waals surface area (Å²) in [6.45, 7) is 5.09. The highest BCUT2D eigenvalue weighted by Crippen LogP contribution is 2.42. The Kier molecular flexibility index (Phi) is 5.19. The van der Waals surface area contributed by atoms with Gasteiger partial charge in [-0.2, -0.15) is 0 Å². The molecule has 0 aliphatic heterocycles. The molecule has 112 valence electrons. The van der Waals surface area contributed by atoms with Gasteiger partial charge in [0, 0.05) is 11.6 Å². The number of nitrogens with one attached hydrogen (secondary N) is 1. The number of hydrogen-bond donors (Lipinski definition) is 1. The smallest absolute Gasteiger partial charge is 0.143 e. The molecule has 1 saturated carbocycles. The van der Waals surface area contributed by atoms with Crippen LogP contribution in [0.3, 0.4) is 0 Å². The fraction of sp³-hybridized carbons (Fsp3) is 0.625. The van der Waals surface area contributed by atoms with Crippen LogP contribution < -0.4 is 5.32 Å². The Balaban J connectivity index is 2.27. The average Bonchev–Trinajstić information content (AvgIpc) is 2.86. The molecule has 1 fully saturated rings. The molecule has 1 aromatic carbocycles. The molecule has 4 heteroatoms. The van der Waals surface area contributed by atoms with E-state index in [9.17, 15) is 8.78 Å². The van der Waals surface area contributed by atoms with Crippen molar-refractivity contribution in [3.8, 4) is 0 Å². The SMILES string of the molecule is CCNC(Cc1c(F)ccc(Br)c1F)C1(C)CCCC1. The number of rotatable bonds is 5. The number of benzene rings is 1. The Morgan fingerprint density at radius 3 is 2.55 bits per heavy atom. The molecular weight excluding hydrogens is 324 g/mol. The standard InChI is InChI=1S/C16H22BrF2N/c1-3-20-14(16(2)8-4-5-9-16)10-11-13(18)7-6-12(17)15(11)19/h6-7,14,20H,3-5,8-10H2,1-2H3. The van der Waals surface area contributed by atoms with Gasteiger partial charge in [-0.05, 0) is 59.3 Å².